The van der Waals surface area contributed by atoms with Gasteiger partial charge in [0.25, 0.3) is 0 Å². The molecule has 0 aliphatic rings. The molecule has 0 fully saturated rings. The highest BCUT2D eigenvalue weighted by atomic mass is 32.2. The van der Waals surface area contributed by atoms with E-state index in [1.807, 2.05) is 36.5 Å². The normalized spacial score (nSPS) is 13.0. The van der Waals surface area contributed by atoms with Gasteiger partial charge in [0.05, 0.1) is 23.6 Å². The average Bonchev–Trinajstić information content (AvgIpc) is 3.08. The van der Waals surface area contributed by atoms with Gasteiger partial charge in [-0.15, -0.1) is 11.3 Å². The van der Waals surface area contributed by atoms with Gasteiger partial charge in [-0.25, -0.2) is 17.9 Å². The Morgan fingerprint density at radius 1 is 1.25 bits per heavy atom. The maximum Gasteiger partial charge on any atom is 0.337 e. The fourth-order valence-electron chi connectivity index (χ4n) is 2.18. The van der Waals surface area contributed by atoms with Gasteiger partial charge in [0.15, 0.2) is 0 Å². The van der Waals surface area contributed by atoms with Gasteiger partial charge in [0.2, 0.25) is 10.0 Å². The van der Waals surface area contributed by atoms with Gasteiger partial charge in [-0.1, -0.05) is 6.07 Å². The van der Waals surface area contributed by atoms with E-state index >= 15 is 0 Å². The molecule has 0 saturated carbocycles. The van der Waals surface area contributed by atoms with Crippen LogP contribution in [0.25, 0.3) is 0 Å². The van der Waals surface area contributed by atoms with E-state index in [0.717, 1.165) is 4.88 Å². The van der Waals surface area contributed by atoms with Gasteiger partial charge in [0.1, 0.15) is 0 Å². The molecule has 0 aliphatic carbocycles. The molecule has 1 aromatic carbocycles. The maximum atomic E-state index is 12.4. The van der Waals surface area contributed by atoms with Gasteiger partial charge in [0, 0.05) is 11.4 Å². The largest absolute Gasteiger partial charge is 0.465 e. The number of esters is 1. The zero-order valence-electron chi connectivity index (χ0n) is 13.7. The minimum absolute atomic E-state index is 0.0471. The third kappa shape index (κ3) is 4.41. The van der Waals surface area contributed by atoms with Crippen molar-refractivity contribution in [2.75, 3.05) is 27.7 Å². The summed E-state index contributed by atoms with van der Waals surface area (Å²) in [6.07, 6.45) is 0. The molecule has 0 amide bonds. The second-order valence-corrected chi connectivity index (χ2v) is 8.11. The van der Waals surface area contributed by atoms with Crippen LogP contribution in [-0.4, -0.2) is 47.0 Å². The Bertz CT molecular complexity index is 769. The molecule has 0 saturated heterocycles. The first-order chi connectivity index (χ1) is 11.3. The number of nitrogens with one attached hydrogen (secondary N) is 1. The van der Waals surface area contributed by atoms with Crippen LogP contribution in [0.2, 0.25) is 0 Å². The monoisotopic (exact) mass is 368 g/mol. The third-order valence-corrected chi connectivity index (χ3v) is 5.96. The Morgan fingerprint density at radius 3 is 2.42 bits per heavy atom. The van der Waals surface area contributed by atoms with Crippen molar-refractivity contribution in [1.29, 1.82) is 0 Å². The highest BCUT2D eigenvalue weighted by Gasteiger charge is 2.20. The first-order valence-corrected chi connectivity index (χ1v) is 9.59. The molecule has 2 aromatic rings. The van der Waals surface area contributed by atoms with Gasteiger partial charge in [-0.2, -0.15) is 0 Å². The standard InChI is InChI=1S/C16H20N2O4S2/c1-18(2)14(15-5-4-10-23-15)11-17-24(20,21)13-8-6-12(7-9-13)16(19)22-3/h4-10,14,17H,11H2,1-3H3/t14-/m1/s1. The minimum Gasteiger partial charge on any atom is -0.465 e. The summed E-state index contributed by atoms with van der Waals surface area (Å²) in [6, 6.07) is 9.53. The number of hydrogen-bond acceptors (Lipinski definition) is 6. The summed E-state index contributed by atoms with van der Waals surface area (Å²) in [7, 11) is 1.44. The molecule has 8 heteroatoms. The number of likely N-dealkylation sites (N-methyl/N-ethyl adjacent to an activating group) is 1. The number of methoxy groups -OCH3 is 1. The van der Waals surface area contributed by atoms with Crippen molar-refractivity contribution in [1.82, 2.24) is 9.62 Å². The fraction of sp³-hybridized carbons (Fsp3) is 0.312. The zero-order valence-corrected chi connectivity index (χ0v) is 15.4. The van der Waals surface area contributed by atoms with Crippen LogP contribution in [-0.2, 0) is 14.8 Å². The highest BCUT2D eigenvalue weighted by Crippen LogP contribution is 2.23. The van der Waals surface area contributed by atoms with E-state index in [-0.39, 0.29) is 17.5 Å². The Labute approximate surface area is 146 Å². The lowest BCUT2D eigenvalue weighted by molar-refractivity contribution is 0.0600. The summed E-state index contributed by atoms with van der Waals surface area (Å²) in [5.74, 6) is -0.503. The molecule has 0 aliphatic heterocycles. The van der Waals surface area contributed by atoms with Crippen LogP contribution in [0, 0.1) is 0 Å². The van der Waals surface area contributed by atoms with Crippen LogP contribution >= 0.6 is 11.3 Å². The van der Waals surface area contributed by atoms with Crippen LogP contribution in [0.5, 0.6) is 0 Å². The third-order valence-electron chi connectivity index (χ3n) is 3.55. The summed E-state index contributed by atoms with van der Waals surface area (Å²) in [4.78, 5) is 14.6. The van der Waals surface area contributed by atoms with Crippen LogP contribution in [0.1, 0.15) is 21.3 Å². The zero-order chi connectivity index (χ0) is 17.7. The Morgan fingerprint density at radius 2 is 1.92 bits per heavy atom. The number of thiophene rings is 1. The van der Waals surface area contributed by atoms with Crippen molar-refractivity contribution in [3.8, 4) is 0 Å². The molecule has 1 heterocycles. The quantitative estimate of drug-likeness (QED) is 0.758. The number of carbonyl (C=O) groups is 1. The van der Waals surface area contributed by atoms with E-state index in [4.69, 9.17) is 0 Å². The average molecular weight is 368 g/mol. The van der Waals surface area contributed by atoms with Gasteiger partial charge < -0.3 is 9.64 Å². The van der Waals surface area contributed by atoms with Crippen LogP contribution in [0.4, 0.5) is 0 Å². The molecule has 1 N–H and O–H groups in total. The number of hydrogen-bond donors (Lipinski definition) is 1. The molecule has 6 nitrogen and oxygen atoms in total. The lowest BCUT2D eigenvalue weighted by Gasteiger charge is -2.23. The Balaban J connectivity index is 2.11. The fourth-order valence-corrected chi connectivity index (χ4v) is 4.14. The van der Waals surface area contributed by atoms with E-state index in [1.165, 1.54) is 31.4 Å². The van der Waals surface area contributed by atoms with Crippen LogP contribution in [0.15, 0.2) is 46.7 Å². The summed E-state index contributed by atoms with van der Waals surface area (Å²) >= 11 is 1.59. The minimum atomic E-state index is -3.65. The van der Waals surface area contributed by atoms with Crippen molar-refractivity contribution < 1.29 is 17.9 Å². The number of sulfonamides is 1. The van der Waals surface area contributed by atoms with E-state index in [0.29, 0.717) is 5.56 Å². The van der Waals surface area contributed by atoms with Crippen molar-refractivity contribution >= 4 is 27.3 Å². The molecule has 2 rings (SSSR count). The molecular weight excluding hydrogens is 348 g/mol. The lowest BCUT2D eigenvalue weighted by Crippen LogP contribution is -2.34. The van der Waals surface area contributed by atoms with E-state index < -0.39 is 16.0 Å². The van der Waals surface area contributed by atoms with E-state index in [2.05, 4.69) is 9.46 Å². The topological polar surface area (TPSA) is 75.7 Å². The van der Waals surface area contributed by atoms with Crippen molar-refractivity contribution in [3.05, 3.63) is 52.2 Å². The summed E-state index contributed by atoms with van der Waals surface area (Å²) in [5.41, 5.74) is 0.307. The van der Waals surface area contributed by atoms with Crippen molar-refractivity contribution in [3.63, 3.8) is 0 Å². The Hall–Kier alpha value is -1.74. The van der Waals surface area contributed by atoms with Gasteiger partial charge in [-0.05, 0) is 49.8 Å². The van der Waals surface area contributed by atoms with Gasteiger partial charge in [-0.3, -0.25) is 0 Å². The molecule has 0 radical (unpaired) electrons. The number of benzene rings is 1. The first-order valence-electron chi connectivity index (χ1n) is 7.23. The lowest BCUT2D eigenvalue weighted by atomic mass is 10.2. The number of ether oxygens (including phenoxy) is 1. The molecule has 130 valence electrons. The predicted molar refractivity (Wildman–Crippen MR) is 93.7 cm³/mol. The number of nitrogens with zero attached hydrogens (tertiary/aromatic N) is 1. The molecule has 1 atom stereocenters. The van der Waals surface area contributed by atoms with E-state index in [9.17, 15) is 13.2 Å². The molecule has 0 spiro atoms. The molecule has 0 bridgehead atoms. The predicted octanol–water partition coefficient (Wildman–Crippen LogP) is 2.12. The second kappa shape index (κ2) is 7.89. The Kier molecular flexibility index (Phi) is 6.11. The first kappa shape index (κ1) is 18.6. The number of rotatable bonds is 7. The molecule has 0 unspecified atom stereocenters. The maximum absolute atomic E-state index is 12.4. The summed E-state index contributed by atoms with van der Waals surface area (Å²) in [6.45, 7) is 0.259. The second-order valence-electron chi connectivity index (χ2n) is 5.36. The van der Waals surface area contributed by atoms with E-state index in [1.54, 1.807) is 11.3 Å². The summed E-state index contributed by atoms with van der Waals surface area (Å²) < 4.78 is 32.1. The van der Waals surface area contributed by atoms with Crippen molar-refractivity contribution in [2.24, 2.45) is 0 Å². The SMILES string of the molecule is COC(=O)c1ccc(S(=O)(=O)NC[C@H](c2cccs2)N(C)C)cc1. The smallest absolute Gasteiger partial charge is 0.337 e. The highest BCUT2D eigenvalue weighted by molar-refractivity contribution is 7.89. The molecule has 1 aromatic heterocycles. The molecular formula is C16H20N2O4S2. The van der Waals surface area contributed by atoms with Crippen LogP contribution in [0.3, 0.4) is 0 Å². The summed E-state index contributed by atoms with van der Waals surface area (Å²) in [5, 5.41) is 1.96. The van der Waals surface area contributed by atoms with Crippen LogP contribution < -0.4 is 4.72 Å². The molecule has 24 heavy (non-hydrogen) atoms. The van der Waals surface area contributed by atoms with Gasteiger partial charge >= 0.3 is 5.97 Å². The van der Waals surface area contributed by atoms with Crippen molar-refractivity contribution in [2.45, 2.75) is 10.9 Å². The number of carbonyl (C=O) groups excluding carboxylic acids is 1.